The van der Waals surface area contributed by atoms with Crippen molar-refractivity contribution < 1.29 is 19.4 Å². The third-order valence-electron chi connectivity index (χ3n) is 3.05. The Morgan fingerprint density at radius 2 is 1.77 bits per heavy atom. The summed E-state index contributed by atoms with van der Waals surface area (Å²) >= 11 is 0. The Morgan fingerprint density at radius 3 is 2.45 bits per heavy atom. The molecule has 0 fully saturated rings. The highest BCUT2D eigenvalue weighted by molar-refractivity contribution is 5.67. The van der Waals surface area contributed by atoms with Gasteiger partial charge in [-0.05, 0) is 36.2 Å². The highest BCUT2D eigenvalue weighted by atomic mass is 16.5. The maximum Gasteiger partial charge on any atom is 0.303 e. The standard InChI is InChI=1S/C17H19NO4/c18-15-12-13(7-9-17(19)20)6-8-16(15)22-11-10-21-14-4-2-1-3-5-14/h1-6,8,12H,7,9-11,18H2,(H,19,20). The van der Waals surface area contributed by atoms with Gasteiger partial charge in [-0.15, -0.1) is 0 Å². The first-order valence-electron chi connectivity index (χ1n) is 7.06. The zero-order chi connectivity index (χ0) is 15.8. The van der Waals surface area contributed by atoms with Crippen LogP contribution < -0.4 is 15.2 Å². The molecule has 2 rings (SSSR count). The SMILES string of the molecule is Nc1cc(CCC(=O)O)ccc1OCCOc1ccccc1. The summed E-state index contributed by atoms with van der Waals surface area (Å²) in [5, 5.41) is 8.67. The van der Waals surface area contributed by atoms with E-state index in [1.54, 1.807) is 12.1 Å². The van der Waals surface area contributed by atoms with Crippen LogP contribution in [0.2, 0.25) is 0 Å². The second kappa shape index (κ2) is 7.93. The number of carboxylic acid groups (broad SMARTS) is 1. The van der Waals surface area contributed by atoms with Gasteiger partial charge in [-0.1, -0.05) is 24.3 Å². The fourth-order valence-electron chi connectivity index (χ4n) is 1.96. The van der Waals surface area contributed by atoms with E-state index >= 15 is 0 Å². The molecule has 0 unspecified atom stereocenters. The van der Waals surface area contributed by atoms with E-state index < -0.39 is 5.97 Å². The number of aryl methyl sites for hydroxylation is 1. The zero-order valence-electron chi connectivity index (χ0n) is 12.2. The van der Waals surface area contributed by atoms with Crippen LogP contribution in [0.15, 0.2) is 48.5 Å². The molecular weight excluding hydrogens is 282 g/mol. The summed E-state index contributed by atoms with van der Waals surface area (Å²) in [7, 11) is 0. The maximum atomic E-state index is 10.5. The lowest BCUT2D eigenvalue weighted by molar-refractivity contribution is -0.136. The molecule has 0 saturated carbocycles. The first kappa shape index (κ1) is 15.7. The number of aliphatic carboxylic acids is 1. The number of carbonyl (C=O) groups is 1. The van der Waals surface area contributed by atoms with Gasteiger partial charge in [0.05, 0.1) is 5.69 Å². The fraction of sp³-hybridized carbons (Fsp3) is 0.235. The molecule has 5 nitrogen and oxygen atoms in total. The molecule has 0 atom stereocenters. The van der Waals surface area contributed by atoms with Crippen LogP contribution in [0.4, 0.5) is 5.69 Å². The van der Waals surface area contributed by atoms with E-state index in [4.69, 9.17) is 20.3 Å². The van der Waals surface area contributed by atoms with E-state index in [1.807, 2.05) is 36.4 Å². The van der Waals surface area contributed by atoms with E-state index in [2.05, 4.69) is 0 Å². The Hall–Kier alpha value is -2.69. The van der Waals surface area contributed by atoms with E-state index in [1.165, 1.54) is 0 Å². The van der Waals surface area contributed by atoms with Crippen LogP contribution in [-0.4, -0.2) is 24.3 Å². The molecule has 0 aliphatic rings. The Balaban J connectivity index is 1.79. The van der Waals surface area contributed by atoms with Crippen LogP contribution in [-0.2, 0) is 11.2 Å². The molecule has 0 heterocycles. The van der Waals surface area contributed by atoms with Gasteiger partial charge in [-0.3, -0.25) is 4.79 Å². The van der Waals surface area contributed by atoms with Crippen molar-refractivity contribution in [1.82, 2.24) is 0 Å². The minimum Gasteiger partial charge on any atom is -0.490 e. The Labute approximate surface area is 129 Å². The number of nitrogens with two attached hydrogens (primary N) is 1. The summed E-state index contributed by atoms with van der Waals surface area (Å²) in [6.45, 7) is 0.803. The second-order valence-electron chi connectivity index (χ2n) is 4.78. The fourth-order valence-corrected chi connectivity index (χ4v) is 1.96. The average molecular weight is 301 g/mol. The summed E-state index contributed by atoms with van der Waals surface area (Å²) in [4.78, 5) is 10.5. The smallest absolute Gasteiger partial charge is 0.303 e. The Bertz CT molecular complexity index is 613. The molecule has 2 aromatic carbocycles. The number of rotatable bonds is 8. The molecule has 0 aliphatic carbocycles. The number of nitrogen functional groups attached to an aromatic ring is 1. The lowest BCUT2D eigenvalue weighted by Crippen LogP contribution is -2.10. The van der Waals surface area contributed by atoms with Gasteiger partial charge in [0.15, 0.2) is 0 Å². The lowest BCUT2D eigenvalue weighted by Gasteiger charge is -2.11. The summed E-state index contributed by atoms with van der Waals surface area (Å²) in [6.07, 6.45) is 0.543. The van der Waals surface area contributed by atoms with Crippen molar-refractivity contribution in [3.8, 4) is 11.5 Å². The molecule has 3 N–H and O–H groups in total. The number of para-hydroxylation sites is 1. The molecular formula is C17H19NO4. The van der Waals surface area contributed by atoms with Crippen molar-refractivity contribution in [2.24, 2.45) is 0 Å². The third kappa shape index (κ3) is 5.01. The van der Waals surface area contributed by atoms with Crippen molar-refractivity contribution in [2.75, 3.05) is 18.9 Å². The number of anilines is 1. The molecule has 0 spiro atoms. The Kier molecular flexibility index (Phi) is 5.65. The number of benzene rings is 2. The maximum absolute atomic E-state index is 10.5. The van der Waals surface area contributed by atoms with Crippen LogP contribution in [0.25, 0.3) is 0 Å². The van der Waals surface area contributed by atoms with Crippen LogP contribution in [0.5, 0.6) is 11.5 Å². The molecule has 0 saturated heterocycles. The highest BCUT2D eigenvalue weighted by Crippen LogP contribution is 2.23. The summed E-state index contributed by atoms with van der Waals surface area (Å²) in [6, 6.07) is 14.8. The van der Waals surface area contributed by atoms with E-state index in [0.717, 1.165) is 11.3 Å². The van der Waals surface area contributed by atoms with Crippen molar-refractivity contribution in [3.05, 3.63) is 54.1 Å². The quantitative estimate of drug-likeness (QED) is 0.579. The molecule has 0 amide bonds. The minimum absolute atomic E-state index is 0.0879. The summed E-state index contributed by atoms with van der Waals surface area (Å²) in [5.41, 5.74) is 7.29. The minimum atomic E-state index is -0.822. The first-order valence-corrected chi connectivity index (χ1v) is 7.06. The number of hydrogen-bond donors (Lipinski definition) is 2. The number of hydrogen-bond acceptors (Lipinski definition) is 4. The molecule has 0 radical (unpaired) electrons. The molecule has 0 aliphatic heterocycles. The van der Waals surface area contributed by atoms with Gasteiger partial charge in [0.2, 0.25) is 0 Å². The monoisotopic (exact) mass is 301 g/mol. The summed E-state index contributed by atoms with van der Waals surface area (Å²) < 4.78 is 11.1. The molecule has 2 aromatic rings. The van der Waals surface area contributed by atoms with Gasteiger partial charge < -0.3 is 20.3 Å². The van der Waals surface area contributed by atoms with Crippen LogP contribution >= 0.6 is 0 Å². The van der Waals surface area contributed by atoms with Gasteiger partial charge in [0, 0.05) is 6.42 Å². The second-order valence-corrected chi connectivity index (χ2v) is 4.78. The van der Waals surface area contributed by atoms with Crippen LogP contribution in [0.1, 0.15) is 12.0 Å². The van der Waals surface area contributed by atoms with Gasteiger partial charge >= 0.3 is 5.97 Å². The molecule has 0 aromatic heterocycles. The van der Waals surface area contributed by atoms with Crippen molar-refractivity contribution in [1.29, 1.82) is 0 Å². The number of ether oxygens (including phenoxy) is 2. The van der Waals surface area contributed by atoms with Gasteiger partial charge in [0.25, 0.3) is 0 Å². The topological polar surface area (TPSA) is 81.8 Å². The Morgan fingerprint density at radius 1 is 1.05 bits per heavy atom. The van der Waals surface area contributed by atoms with E-state index in [9.17, 15) is 4.79 Å². The van der Waals surface area contributed by atoms with Gasteiger partial charge in [-0.2, -0.15) is 0 Å². The van der Waals surface area contributed by atoms with Crippen molar-refractivity contribution in [3.63, 3.8) is 0 Å². The predicted octanol–water partition coefficient (Wildman–Crippen LogP) is 2.74. The van der Waals surface area contributed by atoms with Crippen LogP contribution in [0, 0.1) is 0 Å². The first-order chi connectivity index (χ1) is 10.6. The highest BCUT2D eigenvalue weighted by Gasteiger charge is 2.04. The van der Waals surface area contributed by atoms with Gasteiger partial charge in [0.1, 0.15) is 24.7 Å². The molecule has 22 heavy (non-hydrogen) atoms. The van der Waals surface area contributed by atoms with Crippen LogP contribution in [0.3, 0.4) is 0 Å². The van der Waals surface area contributed by atoms with Crippen molar-refractivity contribution >= 4 is 11.7 Å². The van der Waals surface area contributed by atoms with Gasteiger partial charge in [-0.25, -0.2) is 0 Å². The van der Waals surface area contributed by atoms with Crippen molar-refractivity contribution in [2.45, 2.75) is 12.8 Å². The average Bonchev–Trinajstić information content (AvgIpc) is 2.52. The van der Waals surface area contributed by atoms with E-state index in [-0.39, 0.29) is 6.42 Å². The van der Waals surface area contributed by atoms with E-state index in [0.29, 0.717) is 31.1 Å². The summed E-state index contributed by atoms with van der Waals surface area (Å²) in [5.74, 6) is 0.552. The predicted molar refractivity (Wildman–Crippen MR) is 84.2 cm³/mol. The molecule has 5 heteroatoms. The molecule has 0 bridgehead atoms. The zero-order valence-corrected chi connectivity index (χ0v) is 12.2. The lowest BCUT2D eigenvalue weighted by atomic mass is 10.1. The third-order valence-corrected chi connectivity index (χ3v) is 3.05. The normalized spacial score (nSPS) is 10.2. The molecule has 116 valence electrons. The largest absolute Gasteiger partial charge is 0.490 e. The number of carboxylic acids is 1.